The van der Waals surface area contributed by atoms with Crippen molar-refractivity contribution in [2.75, 3.05) is 52.4 Å². The summed E-state index contributed by atoms with van der Waals surface area (Å²) in [6.07, 6.45) is 6.55. The Morgan fingerprint density at radius 3 is 1.01 bits per heavy atom. The molecule has 0 radical (unpaired) electrons. The van der Waals surface area contributed by atoms with Crippen LogP contribution in [0.1, 0.15) is 59.3 Å². The molecule has 8 heteroatoms. The van der Waals surface area contributed by atoms with E-state index in [0.29, 0.717) is 0 Å². The molecular weight excluding hydrogens is 965 g/mol. The first-order valence-corrected chi connectivity index (χ1v) is 24.3. The number of aromatic nitrogens is 2. The third kappa shape index (κ3) is 7.84. The maximum absolute atomic E-state index is 10.9. The second-order valence-electron chi connectivity index (χ2n) is 20.4. The van der Waals surface area contributed by atoms with Gasteiger partial charge in [0.2, 0.25) is 0 Å². The first kappa shape index (κ1) is 47.3. The van der Waals surface area contributed by atoms with Gasteiger partial charge in [-0.05, 0) is 57.3 Å². The Morgan fingerprint density at radius 1 is 0.426 bits per heavy atom. The van der Waals surface area contributed by atoms with Gasteiger partial charge in [0.25, 0.3) is 0 Å². The molecule has 4 saturated heterocycles. The van der Waals surface area contributed by atoms with Crippen LogP contribution in [0, 0.1) is 33.5 Å². The molecule has 8 aromatic rings. The zero-order valence-corrected chi connectivity index (χ0v) is 41.9. The second kappa shape index (κ2) is 19.0. The summed E-state index contributed by atoms with van der Waals surface area (Å²) in [4.78, 5) is 7.23. The fraction of sp³-hybridized carbons (Fsp3) is 0.300. The Morgan fingerprint density at radius 2 is 0.721 bits per heavy atom. The first-order valence-electron chi connectivity index (χ1n) is 24.3. The smallest absolute Gasteiger partial charge is 0.118 e. The molecule has 2 N–H and O–H groups in total. The third-order valence-electron chi connectivity index (χ3n) is 17.2. The Bertz CT molecular complexity index is 2690. The molecule has 0 amide bonds. The van der Waals surface area contributed by atoms with Crippen molar-refractivity contribution in [2.24, 2.45) is 10.8 Å². The number of halogens is 2. The normalized spacial score (nSPS) is 23.5. The number of H-pyrrole nitrogens is 2. The molecule has 0 unspecified atom stereocenters. The van der Waals surface area contributed by atoms with Crippen LogP contribution in [0.5, 0.6) is 0 Å². The number of hydrogen-bond acceptors (Lipinski definition) is 2. The molecule has 6 nitrogen and oxygen atoms in total. The molecule has 6 heterocycles. The van der Waals surface area contributed by atoms with E-state index in [9.17, 15) is 10.5 Å². The topological polar surface area (TPSA) is 79.2 Å². The van der Waals surface area contributed by atoms with Gasteiger partial charge < -0.3 is 52.9 Å². The van der Waals surface area contributed by atoms with E-state index in [4.69, 9.17) is 0 Å². The number of fused-ring (bicyclic) bond motifs is 6. The minimum absolute atomic E-state index is 0. The van der Waals surface area contributed by atoms with Crippen LogP contribution in [-0.2, 0) is 23.7 Å². The van der Waals surface area contributed by atoms with Crippen molar-refractivity contribution in [2.45, 2.75) is 49.4 Å². The van der Waals surface area contributed by atoms with Gasteiger partial charge in [-0.2, -0.15) is 10.5 Å². The van der Waals surface area contributed by atoms with Crippen LogP contribution in [0.3, 0.4) is 0 Å². The van der Waals surface area contributed by atoms with Crippen LogP contribution >= 0.6 is 0 Å². The summed E-state index contributed by atoms with van der Waals surface area (Å²) in [7, 11) is 0. The van der Waals surface area contributed by atoms with Crippen LogP contribution in [0.2, 0.25) is 0 Å². The number of para-hydroxylation sites is 2. The molecule has 4 aliphatic heterocycles. The number of nitrogens with zero attached hydrogens (tertiary/aromatic N) is 4. The summed E-state index contributed by atoms with van der Waals surface area (Å²) in [6.45, 7) is 9.13. The summed E-state index contributed by atoms with van der Waals surface area (Å²) >= 11 is 0. The molecule has 344 valence electrons. The largest absolute Gasteiger partial charge is 1.00 e. The molecule has 0 atom stereocenters. The quantitative estimate of drug-likeness (QED) is 0.155. The van der Waals surface area contributed by atoms with Crippen LogP contribution in [0.15, 0.2) is 182 Å². The number of hydrogen-bond donors (Lipinski definition) is 2. The van der Waals surface area contributed by atoms with Gasteiger partial charge in [-0.1, -0.05) is 158 Å². The van der Waals surface area contributed by atoms with Crippen molar-refractivity contribution < 1.29 is 42.9 Å². The Kier molecular flexibility index (Phi) is 13.2. The van der Waals surface area contributed by atoms with Crippen molar-refractivity contribution in [3.8, 4) is 12.1 Å². The SMILES string of the molecule is N#CC(c1ccccc1)(c1ccccc1)C12CC[N+](CCc3cc4ccccc4[nH]3)(CC1)C2.N#CC(c1ccccc1)(c1ccccc1)C12CC[N+](CCc3cc4ccccc4[nH]3)(CC1)C2.[Br-].[Br-]. The van der Waals surface area contributed by atoms with Gasteiger partial charge in [-0.25, -0.2) is 0 Å². The molecule has 68 heavy (non-hydrogen) atoms. The number of aromatic amines is 2. The maximum Gasteiger partial charge on any atom is 0.118 e. The highest BCUT2D eigenvalue weighted by atomic mass is 79.9. The van der Waals surface area contributed by atoms with Gasteiger partial charge >= 0.3 is 0 Å². The highest BCUT2D eigenvalue weighted by Crippen LogP contribution is 2.61. The lowest BCUT2D eigenvalue weighted by molar-refractivity contribution is -0.909. The molecule has 12 rings (SSSR count). The molecule has 4 fully saturated rings. The number of rotatable bonds is 12. The van der Waals surface area contributed by atoms with Crippen molar-refractivity contribution in [1.29, 1.82) is 10.5 Å². The predicted octanol–water partition coefficient (Wildman–Crippen LogP) is 5.67. The van der Waals surface area contributed by atoms with Crippen LogP contribution in [-0.4, -0.2) is 71.3 Å². The van der Waals surface area contributed by atoms with Gasteiger partial charge in [0.05, 0.1) is 75.3 Å². The minimum Gasteiger partial charge on any atom is -1.00 e. The Labute approximate surface area is 423 Å². The molecule has 0 saturated carbocycles. The number of benzene rings is 6. The summed E-state index contributed by atoms with van der Waals surface area (Å²) in [5, 5.41) is 24.3. The summed E-state index contributed by atoms with van der Waals surface area (Å²) < 4.78 is 2.27. The molecule has 2 aromatic heterocycles. The van der Waals surface area contributed by atoms with Crippen molar-refractivity contribution in [3.63, 3.8) is 0 Å². The van der Waals surface area contributed by atoms with E-state index in [2.05, 4.69) is 204 Å². The Balaban J connectivity index is 0.000000165. The van der Waals surface area contributed by atoms with Gasteiger partial charge in [0.15, 0.2) is 0 Å². The van der Waals surface area contributed by atoms with Gasteiger partial charge in [0.1, 0.15) is 10.8 Å². The molecule has 6 aromatic carbocycles. The fourth-order valence-corrected chi connectivity index (χ4v) is 13.8. The summed E-state index contributed by atoms with van der Waals surface area (Å²) in [6, 6.07) is 69.7. The van der Waals surface area contributed by atoms with E-state index in [1.165, 1.54) is 59.4 Å². The van der Waals surface area contributed by atoms with Crippen LogP contribution in [0.25, 0.3) is 21.8 Å². The zero-order chi connectivity index (χ0) is 44.7. The van der Waals surface area contributed by atoms with Crippen molar-refractivity contribution in [3.05, 3.63) is 216 Å². The number of quaternary nitrogens is 2. The highest BCUT2D eigenvalue weighted by molar-refractivity contribution is 5.81. The first-order chi connectivity index (χ1) is 32.4. The lowest BCUT2D eigenvalue weighted by Crippen LogP contribution is -3.00. The van der Waals surface area contributed by atoms with E-state index in [0.717, 1.165) is 95.9 Å². The van der Waals surface area contributed by atoms with Crippen LogP contribution < -0.4 is 34.0 Å². The average Bonchev–Trinajstić information content (AvgIpc) is 4.26. The summed E-state index contributed by atoms with van der Waals surface area (Å²) in [5.74, 6) is 0. The molecule has 0 spiro atoms. The number of nitriles is 2. The van der Waals surface area contributed by atoms with E-state index in [1.54, 1.807) is 0 Å². The lowest BCUT2D eigenvalue weighted by atomic mass is 9.56. The number of nitrogens with one attached hydrogen (secondary N) is 2. The second-order valence-corrected chi connectivity index (χ2v) is 20.4. The lowest BCUT2D eigenvalue weighted by Gasteiger charge is -2.41. The minimum atomic E-state index is -0.604. The standard InChI is InChI=1S/2C30H30N3.2BrH/c2*31-22-30(25-10-3-1-4-11-25,26-12-5-2-6-13-26)29-16-19-33(23-29,20-17-29)18-15-27-21-24-9-7-8-14-28(24)32-27;;/h2*1-14,21,32H,15-20,23H2;2*1H/q2*+1;;/p-2. The van der Waals surface area contributed by atoms with Gasteiger partial charge in [-0.3, -0.25) is 0 Å². The molecule has 4 bridgehead atoms. The third-order valence-corrected chi connectivity index (χ3v) is 17.2. The predicted molar refractivity (Wildman–Crippen MR) is 265 cm³/mol. The Hall–Kier alpha value is -5.74. The van der Waals surface area contributed by atoms with Gasteiger partial charge in [0, 0.05) is 60.9 Å². The molecule has 0 aliphatic carbocycles. The van der Waals surface area contributed by atoms with E-state index in [1.807, 2.05) is 0 Å². The molecule has 4 aliphatic rings. The van der Waals surface area contributed by atoms with E-state index < -0.39 is 10.8 Å². The zero-order valence-electron chi connectivity index (χ0n) is 38.8. The average molecular weight is 1020 g/mol. The fourth-order valence-electron chi connectivity index (χ4n) is 13.8. The van der Waals surface area contributed by atoms with Crippen molar-refractivity contribution >= 4 is 21.8 Å². The van der Waals surface area contributed by atoms with E-state index >= 15 is 0 Å². The monoisotopic (exact) mass is 1020 g/mol. The number of piperidine rings is 2. The van der Waals surface area contributed by atoms with E-state index in [-0.39, 0.29) is 44.8 Å². The van der Waals surface area contributed by atoms with Gasteiger partial charge in [-0.15, -0.1) is 0 Å². The maximum atomic E-state index is 10.9. The molecular formula is C60H60Br2N6. The highest BCUT2D eigenvalue weighted by Gasteiger charge is 2.67. The van der Waals surface area contributed by atoms with Crippen LogP contribution in [0.4, 0.5) is 0 Å². The van der Waals surface area contributed by atoms with Crippen molar-refractivity contribution in [1.82, 2.24) is 9.97 Å². The summed E-state index contributed by atoms with van der Waals surface area (Å²) in [5.41, 5.74) is 8.44.